The first-order chi connectivity index (χ1) is 15.8. The zero-order valence-electron chi connectivity index (χ0n) is 17.9. The van der Waals surface area contributed by atoms with Gasteiger partial charge in [0.15, 0.2) is 5.78 Å². The maximum absolute atomic E-state index is 15.1. The number of hydrogen-bond donors (Lipinski definition) is 0. The molecule has 5 aliphatic rings. The Hall–Kier alpha value is -3.05. The molecule has 0 unspecified atom stereocenters. The zero-order valence-corrected chi connectivity index (χ0v) is 18.6. The van der Waals surface area contributed by atoms with E-state index in [1.54, 1.807) is 24.3 Å². The minimum absolute atomic E-state index is 0.00993. The number of amides is 2. The molecule has 1 saturated heterocycles. The van der Waals surface area contributed by atoms with E-state index in [0.717, 1.165) is 16.9 Å². The first kappa shape index (κ1) is 20.5. The van der Waals surface area contributed by atoms with Gasteiger partial charge in [-0.05, 0) is 84.6 Å². The molecule has 2 aromatic rings. The molecule has 4 aliphatic carbocycles. The Morgan fingerprint density at radius 1 is 1.03 bits per heavy atom. The predicted molar refractivity (Wildman–Crippen MR) is 123 cm³/mol. The average Bonchev–Trinajstić information content (AvgIpc) is 3.58. The number of aryl methyl sites for hydroxylation is 1. The van der Waals surface area contributed by atoms with E-state index in [0.29, 0.717) is 28.0 Å². The number of anilines is 1. The molecule has 1 heterocycles. The molecule has 7 rings (SSSR count). The van der Waals surface area contributed by atoms with Gasteiger partial charge in [-0.25, -0.2) is 9.29 Å². The Kier molecular flexibility index (Phi) is 4.50. The summed E-state index contributed by atoms with van der Waals surface area (Å²) in [5.74, 6) is -0.998. The number of rotatable bonds is 4. The van der Waals surface area contributed by atoms with Crippen molar-refractivity contribution < 1.29 is 18.8 Å². The fourth-order valence-electron chi connectivity index (χ4n) is 6.07. The predicted octanol–water partition coefficient (Wildman–Crippen LogP) is 5.24. The molecule has 33 heavy (non-hydrogen) atoms. The summed E-state index contributed by atoms with van der Waals surface area (Å²) in [7, 11) is 0. The summed E-state index contributed by atoms with van der Waals surface area (Å²) in [4.78, 5) is 39.9. The largest absolute Gasteiger partial charge is 0.289 e. The Morgan fingerprint density at radius 2 is 1.70 bits per heavy atom. The maximum atomic E-state index is 15.1. The van der Waals surface area contributed by atoms with Crippen LogP contribution in [0.25, 0.3) is 6.08 Å². The van der Waals surface area contributed by atoms with Gasteiger partial charge in [0.05, 0.1) is 17.5 Å². The van der Waals surface area contributed by atoms with E-state index in [1.165, 1.54) is 24.3 Å². The molecule has 6 atom stereocenters. The van der Waals surface area contributed by atoms with Crippen LogP contribution in [-0.4, -0.2) is 17.6 Å². The van der Waals surface area contributed by atoms with Crippen molar-refractivity contribution in [1.82, 2.24) is 0 Å². The molecule has 4 nitrogen and oxygen atoms in total. The third-order valence-electron chi connectivity index (χ3n) is 7.75. The van der Waals surface area contributed by atoms with Crippen molar-refractivity contribution in [2.45, 2.75) is 13.3 Å². The van der Waals surface area contributed by atoms with Crippen molar-refractivity contribution in [2.75, 3.05) is 4.90 Å². The lowest BCUT2D eigenvalue weighted by molar-refractivity contribution is -0.124. The minimum atomic E-state index is -0.655. The molecule has 166 valence electrons. The van der Waals surface area contributed by atoms with Gasteiger partial charge in [0.25, 0.3) is 0 Å². The van der Waals surface area contributed by atoms with E-state index in [4.69, 9.17) is 11.6 Å². The number of allylic oxidation sites excluding steroid dienone is 3. The molecule has 0 spiro atoms. The van der Waals surface area contributed by atoms with Crippen LogP contribution in [0.3, 0.4) is 0 Å². The van der Waals surface area contributed by atoms with E-state index in [-0.39, 0.29) is 47.0 Å². The first-order valence-corrected chi connectivity index (χ1v) is 11.6. The van der Waals surface area contributed by atoms with Crippen LogP contribution in [0.1, 0.15) is 27.9 Å². The first-order valence-electron chi connectivity index (χ1n) is 11.2. The van der Waals surface area contributed by atoms with Crippen molar-refractivity contribution in [2.24, 2.45) is 35.5 Å². The molecule has 6 heteroatoms. The highest BCUT2D eigenvalue weighted by Crippen LogP contribution is 2.65. The van der Waals surface area contributed by atoms with E-state index in [2.05, 4.69) is 12.2 Å². The van der Waals surface area contributed by atoms with E-state index in [9.17, 15) is 14.4 Å². The highest BCUT2D eigenvalue weighted by atomic mass is 35.5. The number of imide groups is 1. The number of carbonyl (C=O) groups is 3. The van der Waals surface area contributed by atoms with Crippen molar-refractivity contribution in [3.8, 4) is 0 Å². The third kappa shape index (κ3) is 3.06. The number of carbonyl (C=O) groups excluding carboxylic acids is 3. The van der Waals surface area contributed by atoms with Crippen molar-refractivity contribution in [1.29, 1.82) is 0 Å². The summed E-state index contributed by atoms with van der Waals surface area (Å²) in [6, 6.07) is 9.33. The van der Waals surface area contributed by atoms with Crippen LogP contribution in [0.2, 0.25) is 5.02 Å². The van der Waals surface area contributed by atoms with E-state index in [1.807, 2.05) is 6.92 Å². The van der Waals surface area contributed by atoms with Gasteiger partial charge in [-0.15, -0.1) is 0 Å². The second-order valence-corrected chi connectivity index (χ2v) is 9.95. The molecule has 0 N–H and O–H groups in total. The molecule has 0 radical (unpaired) electrons. The van der Waals surface area contributed by atoms with E-state index >= 15 is 4.39 Å². The SMILES string of the molecule is Cc1cc(C(=O)/C=C/c2ccc(N3C(=O)[C@@H]4[C@@H]5C=C[C@@H]([C@H]6C[C@@H]56)[C@@H]4C3=O)c(F)c2)ccc1Cl. The minimum Gasteiger partial charge on any atom is -0.289 e. The lowest BCUT2D eigenvalue weighted by Gasteiger charge is -2.37. The van der Waals surface area contributed by atoms with Crippen LogP contribution < -0.4 is 4.90 Å². The van der Waals surface area contributed by atoms with E-state index < -0.39 is 5.82 Å². The summed E-state index contributed by atoms with van der Waals surface area (Å²) >= 11 is 6.01. The zero-order chi connectivity index (χ0) is 23.0. The van der Waals surface area contributed by atoms with Gasteiger partial charge in [-0.2, -0.15) is 0 Å². The quantitative estimate of drug-likeness (QED) is 0.271. The maximum Gasteiger partial charge on any atom is 0.238 e. The van der Waals surface area contributed by atoms with Crippen LogP contribution in [0, 0.1) is 48.2 Å². The summed E-state index contributed by atoms with van der Waals surface area (Å²) in [5, 5.41) is 0.583. The molecular weight excluding hydrogens is 441 g/mol. The molecule has 2 amide bonds. The molecule has 2 bridgehead atoms. The van der Waals surface area contributed by atoms with Crippen molar-refractivity contribution in [3.63, 3.8) is 0 Å². The molecular formula is C27H21ClFNO3. The molecule has 1 aliphatic heterocycles. The van der Waals surface area contributed by atoms with Crippen molar-refractivity contribution >= 4 is 41.0 Å². The van der Waals surface area contributed by atoms with Gasteiger partial charge in [0, 0.05) is 10.6 Å². The number of ketones is 1. The number of nitrogens with zero attached hydrogens (tertiary/aromatic N) is 1. The summed E-state index contributed by atoms with van der Waals surface area (Å²) in [6.45, 7) is 1.82. The van der Waals surface area contributed by atoms with Gasteiger partial charge in [-0.3, -0.25) is 14.4 Å². The number of halogens is 2. The fourth-order valence-corrected chi connectivity index (χ4v) is 6.19. The molecule has 0 aromatic heterocycles. The number of hydrogen-bond acceptors (Lipinski definition) is 3. The van der Waals surface area contributed by atoms with Gasteiger partial charge in [-0.1, -0.05) is 35.9 Å². The summed E-state index contributed by atoms with van der Waals surface area (Å²) < 4.78 is 15.1. The van der Waals surface area contributed by atoms with Crippen LogP contribution in [0.15, 0.2) is 54.6 Å². The van der Waals surface area contributed by atoms with Gasteiger partial charge in [0.2, 0.25) is 11.8 Å². The van der Waals surface area contributed by atoms with Gasteiger partial charge >= 0.3 is 0 Å². The van der Waals surface area contributed by atoms with Crippen LogP contribution in [-0.2, 0) is 9.59 Å². The Balaban J connectivity index is 1.24. The highest BCUT2D eigenvalue weighted by molar-refractivity contribution is 6.31. The van der Waals surface area contributed by atoms with Crippen LogP contribution in [0.5, 0.6) is 0 Å². The van der Waals surface area contributed by atoms with Gasteiger partial charge < -0.3 is 0 Å². The Bertz CT molecular complexity index is 1260. The molecule has 2 aromatic carbocycles. The lowest BCUT2D eigenvalue weighted by Crippen LogP contribution is -2.40. The highest BCUT2D eigenvalue weighted by Gasteiger charge is 2.67. The van der Waals surface area contributed by atoms with Crippen molar-refractivity contribution in [3.05, 3.63) is 82.2 Å². The second-order valence-electron chi connectivity index (χ2n) is 9.54. The lowest BCUT2D eigenvalue weighted by atomic mass is 9.63. The summed E-state index contributed by atoms with van der Waals surface area (Å²) in [5.41, 5.74) is 1.74. The Labute approximate surface area is 195 Å². The fraction of sp³-hybridized carbons (Fsp3) is 0.296. The molecule has 3 fully saturated rings. The second kappa shape index (κ2) is 7.22. The normalized spacial score (nSPS) is 31.3. The monoisotopic (exact) mass is 461 g/mol. The number of benzene rings is 2. The average molecular weight is 462 g/mol. The summed E-state index contributed by atoms with van der Waals surface area (Å²) in [6.07, 6.45) is 8.16. The van der Waals surface area contributed by atoms with Gasteiger partial charge in [0.1, 0.15) is 5.82 Å². The van der Waals surface area contributed by atoms with Crippen LogP contribution in [0.4, 0.5) is 10.1 Å². The smallest absolute Gasteiger partial charge is 0.238 e. The Morgan fingerprint density at radius 3 is 2.30 bits per heavy atom. The van der Waals surface area contributed by atoms with Crippen LogP contribution >= 0.6 is 11.6 Å². The molecule has 2 saturated carbocycles. The standard InChI is InChI=1S/C27H21ClFNO3/c1-13-10-15(4-7-20(13)28)23(31)9-3-14-2-8-22(21(29)11-14)30-26(32)24-16-5-6-17(19-12-18(16)19)25(24)27(30)33/h2-11,16-19,24-25H,12H2,1H3/b9-3+/t16-,17+,18+,19-,24-,25+. The topological polar surface area (TPSA) is 54.5 Å². The third-order valence-corrected chi connectivity index (χ3v) is 8.17.